The summed E-state index contributed by atoms with van der Waals surface area (Å²) in [4.78, 5) is 5.57. The van der Waals surface area contributed by atoms with E-state index in [9.17, 15) is 4.21 Å². The number of nitrogens with zero attached hydrogens (tertiary/aromatic N) is 1. The van der Waals surface area contributed by atoms with Gasteiger partial charge in [-0.15, -0.1) is 11.3 Å². The van der Waals surface area contributed by atoms with E-state index in [0.29, 0.717) is 18.2 Å². The Kier molecular flexibility index (Phi) is 7.39. The third-order valence-electron chi connectivity index (χ3n) is 3.09. The zero-order valence-corrected chi connectivity index (χ0v) is 15.2. The van der Waals surface area contributed by atoms with Crippen LogP contribution in [0.1, 0.15) is 38.5 Å². The van der Waals surface area contributed by atoms with Gasteiger partial charge in [-0.2, -0.15) is 0 Å². The second-order valence-corrected chi connectivity index (χ2v) is 9.26. The molecule has 0 aliphatic carbocycles. The molecule has 0 saturated carbocycles. The highest BCUT2D eigenvalue weighted by Crippen LogP contribution is 2.19. The Balaban J connectivity index is 2.31. The highest BCUT2D eigenvalue weighted by atomic mass is 32.2. The third-order valence-corrected chi connectivity index (χ3v) is 6.14. The molecule has 0 radical (unpaired) electrons. The fraction of sp³-hybridized carbons (Fsp3) is 0.667. The Bertz CT molecular complexity index is 464. The molecule has 0 aliphatic rings. The van der Waals surface area contributed by atoms with Crippen molar-refractivity contribution in [3.05, 3.63) is 22.4 Å². The largest absolute Gasteiger partial charge is 0.356 e. The molecule has 2 atom stereocenters. The molecule has 0 amide bonds. The van der Waals surface area contributed by atoms with Crippen molar-refractivity contribution >= 4 is 28.1 Å². The fourth-order valence-corrected chi connectivity index (χ4v) is 3.40. The van der Waals surface area contributed by atoms with Gasteiger partial charge in [-0.1, -0.05) is 13.0 Å². The summed E-state index contributed by atoms with van der Waals surface area (Å²) in [6.45, 7) is 9.69. The summed E-state index contributed by atoms with van der Waals surface area (Å²) >= 11 is 1.77. The number of hydrogen-bond acceptors (Lipinski definition) is 3. The van der Waals surface area contributed by atoms with E-state index < -0.39 is 10.8 Å². The smallest absolute Gasteiger partial charge is 0.191 e. The molecular formula is C15H27N3OS2. The molecule has 2 N–H and O–H groups in total. The highest BCUT2D eigenvalue weighted by Gasteiger charge is 2.18. The maximum Gasteiger partial charge on any atom is 0.191 e. The minimum Gasteiger partial charge on any atom is -0.356 e. The minimum atomic E-state index is -0.836. The van der Waals surface area contributed by atoms with Crippen molar-refractivity contribution in [3.8, 4) is 0 Å². The van der Waals surface area contributed by atoms with E-state index in [-0.39, 0.29) is 4.75 Å². The van der Waals surface area contributed by atoms with Crippen LogP contribution in [0.2, 0.25) is 0 Å². The Morgan fingerprint density at radius 1 is 1.43 bits per heavy atom. The first-order valence-electron chi connectivity index (χ1n) is 7.21. The Morgan fingerprint density at radius 3 is 2.67 bits per heavy atom. The first-order valence-corrected chi connectivity index (χ1v) is 9.41. The lowest BCUT2D eigenvalue weighted by Gasteiger charge is -2.19. The van der Waals surface area contributed by atoms with E-state index in [2.05, 4.69) is 40.1 Å². The average molecular weight is 330 g/mol. The third kappa shape index (κ3) is 6.61. The summed E-state index contributed by atoms with van der Waals surface area (Å²) < 4.78 is 11.8. The second-order valence-electron chi connectivity index (χ2n) is 5.96. The lowest BCUT2D eigenvalue weighted by Crippen LogP contribution is -2.41. The van der Waals surface area contributed by atoms with Gasteiger partial charge in [0.05, 0.1) is 0 Å². The van der Waals surface area contributed by atoms with E-state index in [1.165, 1.54) is 4.88 Å². The van der Waals surface area contributed by atoms with Crippen LogP contribution in [0, 0.1) is 0 Å². The number of guanidine groups is 1. The minimum absolute atomic E-state index is 0.160. The second kappa shape index (κ2) is 8.54. The summed E-state index contributed by atoms with van der Waals surface area (Å²) in [5, 5.41) is 8.64. The van der Waals surface area contributed by atoms with Crippen molar-refractivity contribution in [2.24, 2.45) is 4.99 Å². The fourth-order valence-electron chi connectivity index (χ4n) is 1.71. The van der Waals surface area contributed by atoms with Crippen molar-refractivity contribution in [1.82, 2.24) is 10.6 Å². The van der Waals surface area contributed by atoms with E-state index in [0.717, 1.165) is 12.5 Å². The Hall–Kier alpha value is -0.880. The van der Waals surface area contributed by atoms with Crippen molar-refractivity contribution in [3.63, 3.8) is 0 Å². The maximum absolute atomic E-state index is 12.0. The number of thiophene rings is 1. The quantitative estimate of drug-likeness (QED) is 0.623. The summed E-state index contributed by atoms with van der Waals surface area (Å²) in [5.74, 6) is 1.85. The predicted octanol–water partition coefficient (Wildman–Crippen LogP) is 2.56. The lowest BCUT2D eigenvalue weighted by molar-refractivity contribution is 0.646. The molecular weight excluding hydrogens is 302 g/mol. The topological polar surface area (TPSA) is 53.5 Å². The van der Waals surface area contributed by atoms with E-state index in [1.807, 2.05) is 20.8 Å². The van der Waals surface area contributed by atoms with E-state index in [1.54, 1.807) is 18.4 Å². The average Bonchev–Trinajstić information content (AvgIpc) is 2.95. The molecule has 1 heterocycles. The molecule has 1 aromatic rings. The van der Waals surface area contributed by atoms with Crippen molar-refractivity contribution in [2.75, 3.05) is 25.9 Å². The van der Waals surface area contributed by atoms with Crippen LogP contribution in [0.5, 0.6) is 0 Å². The van der Waals surface area contributed by atoms with Crippen LogP contribution in [0.25, 0.3) is 0 Å². The van der Waals surface area contributed by atoms with Crippen LogP contribution in [0.15, 0.2) is 22.5 Å². The SMILES string of the molecule is CN=C(NCCS(=O)C(C)(C)C)NCC(C)c1cccs1. The Morgan fingerprint density at radius 2 is 2.14 bits per heavy atom. The summed E-state index contributed by atoms with van der Waals surface area (Å²) in [6.07, 6.45) is 0. The number of aliphatic imine (C=N–C) groups is 1. The van der Waals surface area contributed by atoms with Crippen LogP contribution in [-0.2, 0) is 10.8 Å². The van der Waals surface area contributed by atoms with Crippen molar-refractivity contribution < 1.29 is 4.21 Å². The molecule has 0 fully saturated rings. The van der Waals surface area contributed by atoms with Gasteiger partial charge in [-0.25, -0.2) is 0 Å². The molecule has 2 unspecified atom stereocenters. The number of nitrogens with one attached hydrogen (secondary N) is 2. The van der Waals surface area contributed by atoms with Gasteiger partial charge in [0.15, 0.2) is 5.96 Å². The normalized spacial score (nSPS) is 15.6. The van der Waals surface area contributed by atoms with Crippen LogP contribution in [-0.4, -0.2) is 40.8 Å². The number of rotatable bonds is 6. The van der Waals surface area contributed by atoms with Crippen LogP contribution in [0.3, 0.4) is 0 Å². The standard InChI is InChI=1S/C15H27N3OS2/c1-12(13-7-6-9-20-13)11-18-14(16-5)17-8-10-21(19)15(2,3)4/h6-7,9,12H,8,10-11H2,1-5H3,(H2,16,17,18). The highest BCUT2D eigenvalue weighted by molar-refractivity contribution is 7.86. The first-order chi connectivity index (χ1) is 9.84. The van der Waals surface area contributed by atoms with E-state index in [4.69, 9.17) is 0 Å². The van der Waals surface area contributed by atoms with Gasteiger partial charge in [0.2, 0.25) is 0 Å². The van der Waals surface area contributed by atoms with Gasteiger partial charge in [0.1, 0.15) is 0 Å². The Labute approximate surface area is 134 Å². The molecule has 120 valence electrons. The molecule has 0 bridgehead atoms. The maximum atomic E-state index is 12.0. The summed E-state index contributed by atoms with van der Waals surface area (Å²) in [5.41, 5.74) is 0. The van der Waals surface area contributed by atoms with Gasteiger partial charge in [-0.05, 0) is 32.2 Å². The molecule has 0 aromatic carbocycles. The van der Waals surface area contributed by atoms with Gasteiger partial charge < -0.3 is 10.6 Å². The van der Waals surface area contributed by atoms with Gasteiger partial charge in [0.25, 0.3) is 0 Å². The van der Waals surface area contributed by atoms with Crippen molar-refractivity contribution in [1.29, 1.82) is 0 Å². The zero-order valence-electron chi connectivity index (χ0n) is 13.6. The monoisotopic (exact) mass is 329 g/mol. The molecule has 0 saturated heterocycles. The van der Waals surface area contributed by atoms with Gasteiger partial charge in [0, 0.05) is 52.2 Å². The summed E-state index contributed by atoms with van der Waals surface area (Å²) in [6, 6.07) is 4.23. The van der Waals surface area contributed by atoms with Crippen LogP contribution >= 0.6 is 11.3 Å². The van der Waals surface area contributed by atoms with Gasteiger partial charge >= 0.3 is 0 Å². The van der Waals surface area contributed by atoms with Gasteiger partial charge in [-0.3, -0.25) is 9.20 Å². The van der Waals surface area contributed by atoms with Crippen LogP contribution < -0.4 is 10.6 Å². The molecule has 0 spiro atoms. The molecule has 1 aromatic heterocycles. The molecule has 4 nitrogen and oxygen atoms in total. The molecule has 1 rings (SSSR count). The predicted molar refractivity (Wildman–Crippen MR) is 94.9 cm³/mol. The first kappa shape index (κ1) is 18.2. The molecule has 6 heteroatoms. The van der Waals surface area contributed by atoms with E-state index >= 15 is 0 Å². The zero-order chi connectivity index (χ0) is 15.9. The lowest BCUT2D eigenvalue weighted by atomic mass is 10.1. The molecule has 0 aliphatic heterocycles. The van der Waals surface area contributed by atoms with Crippen molar-refractivity contribution in [2.45, 2.75) is 38.4 Å². The van der Waals surface area contributed by atoms with Crippen LogP contribution in [0.4, 0.5) is 0 Å². The summed E-state index contributed by atoms with van der Waals surface area (Å²) in [7, 11) is 0.919. The number of hydrogen-bond donors (Lipinski definition) is 2. The molecule has 21 heavy (non-hydrogen) atoms.